The van der Waals surface area contributed by atoms with E-state index in [0.717, 1.165) is 5.92 Å². The van der Waals surface area contributed by atoms with E-state index >= 15 is 0 Å². The van der Waals surface area contributed by atoms with Crippen LogP contribution in [0.1, 0.15) is 50.8 Å². The summed E-state index contributed by atoms with van der Waals surface area (Å²) in [5, 5.41) is 0. The summed E-state index contributed by atoms with van der Waals surface area (Å²) < 4.78 is 2.45. The molecule has 2 heterocycles. The first-order valence-electron chi connectivity index (χ1n) is 5.65. The Balaban J connectivity index is 2.40. The summed E-state index contributed by atoms with van der Waals surface area (Å²) >= 11 is 0. The molecule has 1 aliphatic rings. The van der Waals surface area contributed by atoms with Crippen molar-refractivity contribution in [3.8, 4) is 0 Å². The lowest BCUT2D eigenvalue weighted by atomic mass is 9.75. The van der Waals surface area contributed by atoms with E-state index in [0.29, 0.717) is 5.41 Å². The minimum atomic E-state index is 0.406. The van der Waals surface area contributed by atoms with E-state index < -0.39 is 0 Å². The van der Waals surface area contributed by atoms with E-state index in [1.165, 1.54) is 24.9 Å². The molecule has 0 radical (unpaired) electrons. The monoisotopic (exact) mass is 191 g/mol. The molecular formula is C13H21N. The van der Waals surface area contributed by atoms with Gasteiger partial charge >= 0.3 is 0 Å². The Bertz CT molecular complexity index is 327. The second kappa shape index (κ2) is 3.15. The number of rotatable bonds is 0. The molecule has 0 aromatic carbocycles. The van der Waals surface area contributed by atoms with E-state index in [1.807, 2.05) is 0 Å². The normalized spacial score (nSPS) is 22.1. The predicted octanol–water partition coefficient (Wildman–Crippen LogP) is 3.72. The minimum Gasteiger partial charge on any atom is -0.351 e. The van der Waals surface area contributed by atoms with Gasteiger partial charge in [0.25, 0.3) is 0 Å². The molecule has 0 aliphatic carbocycles. The molecule has 1 nitrogen and oxygen atoms in total. The Hall–Kier alpha value is -0.720. The van der Waals surface area contributed by atoms with Gasteiger partial charge in [0.1, 0.15) is 0 Å². The number of aryl methyl sites for hydroxylation is 2. The fraction of sp³-hybridized carbons (Fsp3) is 0.692. The number of fused-ring (bicyclic) bond motifs is 1. The first-order chi connectivity index (χ1) is 6.48. The quantitative estimate of drug-likeness (QED) is 0.589. The highest BCUT2D eigenvalue weighted by molar-refractivity contribution is 5.23. The SMILES string of the molecule is Cc1cc2n(c1)CCCC2C(C)(C)C. The van der Waals surface area contributed by atoms with Crippen LogP contribution in [0.2, 0.25) is 0 Å². The molecule has 0 amide bonds. The van der Waals surface area contributed by atoms with E-state index in [4.69, 9.17) is 0 Å². The number of aromatic nitrogens is 1. The zero-order valence-corrected chi connectivity index (χ0v) is 9.80. The molecule has 1 unspecified atom stereocenters. The smallest absolute Gasteiger partial charge is 0.0222 e. The van der Waals surface area contributed by atoms with Crippen LogP contribution < -0.4 is 0 Å². The summed E-state index contributed by atoms with van der Waals surface area (Å²) in [4.78, 5) is 0. The lowest BCUT2D eigenvalue weighted by Gasteiger charge is -2.35. The molecule has 1 aliphatic heterocycles. The van der Waals surface area contributed by atoms with Crippen LogP contribution in [-0.2, 0) is 6.54 Å². The van der Waals surface area contributed by atoms with Crippen LogP contribution in [0.25, 0.3) is 0 Å². The van der Waals surface area contributed by atoms with Gasteiger partial charge in [0.15, 0.2) is 0 Å². The summed E-state index contributed by atoms with van der Waals surface area (Å²) in [6.45, 7) is 10.5. The topological polar surface area (TPSA) is 4.93 Å². The van der Waals surface area contributed by atoms with Crippen molar-refractivity contribution in [3.63, 3.8) is 0 Å². The maximum atomic E-state index is 2.45. The van der Waals surface area contributed by atoms with Gasteiger partial charge in [-0.25, -0.2) is 0 Å². The molecular weight excluding hydrogens is 170 g/mol. The van der Waals surface area contributed by atoms with E-state index in [1.54, 1.807) is 5.69 Å². The van der Waals surface area contributed by atoms with Gasteiger partial charge < -0.3 is 4.57 Å². The molecule has 0 saturated heterocycles. The van der Waals surface area contributed by atoms with Crippen LogP contribution in [0.4, 0.5) is 0 Å². The van der Waals surface area contributed by atoms with Gasteiger partial charge in [-0.1, -0.05) is 20.8 Å². The first-order valence-corrected chi connectivity index (χ1v) is 5.65. The first kappa shape index (κ1) is 9.82. The summed E-state index contributed by atoms with van der Waals surface area (Å²) in [6.07, 6.45) is 4.99. The highest BCUT2D eigenvalue weighted by atomic mass is 15.0. The van der Waals surface area contributed by atoms with E-state index in [9.17, 15) is 0 Å². The zero-order chi connectivity index (χ0) is 10.3. The van der Waals surface area contributed by atoms with Crippen LogP contribution in [0, 0.1) is 12.3 Å². The standard InChI is InChI=1S/C13H21N/c1-10-8-12-11(13(2,3)4)6-5-7-14(12)9-10/h8-9,11H,5-7H2,1-4H3. The Morgan fingerprint density at radius 2 is 2.07 bits per heavy atom. The highest BCUT2D eigenvalue weighted by Gasteiger charge is 2.30. The van der Waals surface area contributed by atoms with E-state index in [-0.39, 0.29) is 0 Å². The maximum Gasteiger partial charge on any atom is 0.0222 e. The van der Waals surface area contributed by atoms with Crippen LogP contribution in [0.3, 0.4) is 0 Å². The van der Waals surface area contributed by atoms with Crippen molar-refractivity contribution in [3.05, 3.63) is 23.5 Å². The summed E-state index contributed by atoms with van der Waals surface area (Å²) in [7, 11) is 0. The lowest BCUT2D eigenvalue weighted by Crippen LogP contribution is -2.25. The van der Waals surface area contributed by atoms with Crippen molar-refractivity contribution in [1.82, 2.24) is 4.57 Å². The Morgan fingerprint density at radius 3 is 2.71 bits per heavy atom. The third-order valence-electron chi connectivity index (χ3n) is 3.36. The van der Waals surface area contributed by atoms with Crippen LogP contribution >= 0.6 is 0 Å². The molecule has 1 aromatic rings. The number of hydrogen-bond donors (Lipinski definition) is 0. The van der Waals surface area contributed by atoms with Crippen molar-refractivity contribution in [1.29, 1.82) is 0 Å². The zero-order valence-electron chi connectivity index (χ0n) is 9.80. The largest absolute Gasteiger partial charge is 0.351 e. The molecule has 1 heteroatoms. The Kier molecular flexibility index (Phi) is 2.21. The molecule has 2 rings (SSSR count). The Morgan fingerprint density at radius 1 is 1.36 bits per heavy atom. The van der Waals surface area contributed by atoms with Crippen molar-refractivity contribution in [2.75, 3.05) is 0 Å². The van der Waals surface area contributed by atoms with Gasteiger partial charge in [-0.3, -0.25) is 0 Å². The average Bonchev–Trinajstić information content (AvgIpc) is 2.41. The van der Waals surface area contributed by atoms with Gasteiger partial charge in [-0.05, 0) is 36.8 Å². The summed E-state index contributed by atoms with van der Waals surface area (Å²) in [5.74, 6) is 0.741. The van der Waals surface area contributed by atoms with Gasteiger partial charge in [0.05, 0.1) is 0 Å². The molecule has 0 saturated carbocycles. The van der Waals surface area contributed by atoms with Crippen LogP contribution in [-0.4, -0.2) is 4.57 Å². The van der Waals surface area contributed by atoms with Gasteiger partial charge in [0.2, 0.25) is 0 Å². The molecule has 1 aromatic heterocycles. The summed E-state index contributed by atoms with van der Waals surface area (Å²) in [6, 6.07) is 2.37. The van der Waals surface area contributed by atoms with E-state index in [2.05, 4.69) is 44.5 Å². The fourth-order valence-electron chi connectivity index (χ4n) is 2.66. The van der Waals surface area contributed by atoms with Crippen LogP contribution in [0.5, 0.6) is 0 Å². The second-order valence-electron chi connectivity index (χ2n) is 5.70. The molecule has 1 atom stereocenters. The lowest BCUT2D eigenvalue weighted by molar-refractivity contribution is 0.264. The molecule has 14 heavy (non-hydrogen) atoms. The molecule has 78 valence electrons. The third kappa shape index (κ3) is 1.60. The van der Waals surface area contributed by atoms with Crippen molar-refractivity contribution in [2.45, 2.75) is 53.0 Å². The highest BCUT2D eigenvalue weighted by Crippen LogP contribution is 2.41. The molecule has 0 N–H and O–H groups in total. The Labute approximate surface area is 87.1 Å². The number of hydrogen-bond acceptors (Lipinski definition) is 0. The van der Waals surface area contributed by atoms with Gasteiger partial charge in [-0.15, -0.1) is 0 Å². The number of nitrogens with zero attached hydrogens (tertiary/aromatic N) is 1. The third-order valence-corrected chi connectivity index (χ3v) is 3.36. The average molecular weight is 191 g/mol. The molecule has 0 fully saturated rings. The molecule has 0 spiro atoms. The van der Waals surface area contributed by atoms with Crippen molar-refractivity contribution < 1.29 is 0 Å². The summed E-state index contributed by atoms with van der Waals surface area (Å²) in [5.41, 5.74) is 3.38. The maximum absolute atomic E-state index is 2.45. The second-order valence-corrected chi connectivity index (χ2v) is 5.70. The van der Waals surface area contributed by atoms with Gasteiger partial charge in [0, 0.05) is 24.4 Å². The van der Waals surface area contributed by atoms with Gasteiger partial charge in [-0.2, -0.15) is 0 Å². The van der Waals surface area contributed by atoms with Crippen molar-refractivity contribution in [2.24, 2.45) is 5.41 Å². The van der Waals surface area contributed by atoms with Crippen molar-refractivity contribution >= 4 is 0 Å². The minimum absolute atomic E-state index is 0.406. The molecule has 0 bridgehead atoms. The van der Waals surface area contributed by atoms with Crippen LogP contribution in [0.15, 0.2) is 12.3 Å². The predicted molar refractivity (Wildman–Crippen MR) is 60.6 cm³/mol. The fourth-order valence-corrected chi connectivity index (χ4v) is 2.66.